The Morgan fingerprint density at radius 2 is 1.92 bits per heavy atom. The first-order chi connectivity index (χ1) is 6.15. The van der Waals surface area contributed by atoms with E-state index >= 15 is 0 Å². The van der Waals surface area contributed by atoms with Crippen molar-refractivity contribution >= 4 is 0 Å². The van der Waals surface area contributed by atoms with E-state index in [-0.39, 0.29) is 11.2 Å². The van der Waals surface area contributed by atoms with E-state index in [4.69, 9.17) is 5.11 Å². The van der Waals surface area contributed by atoms with Crippen molar-refractivity contribution in [2.24, 2.45) is 0 Å². The molecule has 1 aromatic carbocycles. The summed E-state index contributed by atoms with van der Waals surface area (Å²) < 4.78 is 0. The molecule has 1 atom stereocenters. The molecule has 0 aliphatic rings. The molecule has 1 rings (SSSR count). The van der Waals surface area contributed by atoms with Crippen molar-refractivity contribution in [3.8, 4) is 5.75 Å². The smallest absolute Gasteiger partial charge is 0.220 e. The molecule has 0 saturated heterocycles. The summed E-state index contributed by atoms with van der Waals surface area (Å²) in [5.41, 5.74) is 0.759. The minimum Gasteiger partial charge on any atom is -0.504 e. The van der Waals surface area contributed by atoms with Crippen LogP contribution in [0.2, 0.25) is 0 Å². The molecule has 0 fully saturated rings. The van der Waals surface area contributed by atoms with E-state index in [1.807, 2.05) is 0 Å². The summed E-state index contributed by atoms with van der Waals surface area (Å²) >= 11 is 0. The molecule has 2 nitrogen and oxygen atoms in total. The molecule has 0 spiro atoms. The largest absolute Gasteiger partial charge is 0.504 e. The molecule has 0 aliphatic heterocycles. The normalized spacial score (nSPS) is 12.5. The van der Waals surface area contributed by atoms with Crippen LogP contribution < -0.4 is 5.43 Å². The van der Waals surface area contributed by atoms with Crippen LogP contribution in [0.1, 0.15) is 31.7 Å². The molecule has 2 heteroatoms. The summed E-state index contributed by atoms with van der Waals surface area (Å²) in [6.07, 6.45) is 1.03. The van der Waals surface area contributed by atoms with Crippen LogP contribution in [0.3, 0.4) is 0 Å². The molecular formula is C11H14O2. The number of hydrogen-bond donors (Lipinski definition) is 1. The summed E-state index contributed by atoms with van der Waals surface area (Å²) in [5.74, 6) is 0.237. The monoisotopic (exact) mass is 178 g/mol. The summed E-state index contributed by atoms with van der Waals surface area (Å²) in [4.78, 5) is 11.0. The van der Waals surface area contributed by atoms with E-state index in [1.54, 1.807) is 12.1 Å². The minimum absolute atomic E-state index is 0.186. The Morgan fingerprint density at radius 1 is 1.31 bits per heavy atom. The Labute approximate surface area is 77.9 Å². The first-order valence-electron chi connectivity index (χ1n) is 4.48. The molecule has 0 heterocycles. The maximum atomic E-state index is 11.0. The standard InChI is InChI=1S/C11H14O2/c1-3-8(2)9-4-6-10(12)11(13)7-5-9/h4-8H,3H2,1-2H3,(H,12,13)/t8-/m1/s1. The van der Waals surface area contributed by atoms with Crippen molar-refractivity contribution in [2.75, 3.05) is 0 Å². The summed E-state index contributed by atoms with van der Waals surface area (Å²) in [5, 5.41) is 9.15. The Morgan fingerprint density at radius 3 is 2.54 bits per heavy atom. The highest BCUT2D eigenvalue weighted by molar-refractivity contribution is 5.25. The van der Waals surface area contributed by atoms with Crippen molar-refractivity contribution < 1.29 is 5.11 Å². The van der Waals surface area contributed by atoms with Gasteiger partial charge in [-0.1, -0.05) is 26.0 Å². The van der Waals surface area contributed by atoms with Gasteiger partial charge in [-0.3, -0.25) is 4.79 Å². The summed E-state index contributed by atoms with van der Waals surface area (Å²) in [6, 6.07) is 6.45. The van der Waals surface area contributed by atoms with Gasteiger partial charge in [0, 0.05) is 0 Å². The summed E-state index contributed by atoms with van der Waals surface area (Å²) in [6.45, 7) is 4.19. The molecule has 0 bridgehead atoms. The first-order valence-corrected chi connectivity index (χ1v) is 4.48. The molecule has 0 unspecified atom stereocenters. The van der Waals surface area contributed by atoms with Gasteiger partial charge in [-0.2, -0.15) is 0 Å². The topological polar surface area (TPSA) is 37.3 Å². The van der Waals surface area contributed by atoms with Gasteiger partial charge in [-0.15, -0.1) is 0 Å². The Hall–Kier alpha value is -1.31. The third kappa shape index (κ3) is 2.31. The van der Waals surface area contributed by atoms with Gasteiger partial charge in [0.15, 0.2) is 5.75 Å². The zero-order valence-electron chi connectivity index (χ0n) is 7.95. The van der Waals surface area contributed by atoms with E-state index in [2.05, 4.69) is 13.8 Å². The van der Waals surface area contributed by atoms with E-state index < -0.39 is 0 Å². The molecule has 0 radical (unpaired) electrons. The Bertz CT molecular complexity index is 344. The zero-order chi connectivity index (χ0) is 9.84. The van der Waals surface area contributed by atoms with Crippen LogP contribution in [-0.4, -0.2) is 5.11 Å². The average Bonchev–Trinajstić information content (AvgIpc) is 2.30. The minimum atomic E-state index is -0.324. The highest BCUT2D eigenvalue weighted by Crippen LogP contribution is 2.17. The van der Waals surface area contributed by atoms with E-state index in [0.29, 0.717) is 5.92 Å². The SMILES string of the molecule is CC[C@@H](C)c1ccc(O)c(=O)cc1. The van der Waals surface area contributed by atoms with E-state index in [0.717, 1.165) is 12.0 Å². The Kier molecular flexibility index (Phi) is 3.07. The van der Waals surface area contributed by atoms with Crippen LogP contribution in [0.5, 0.6) is 5.75 Å². The Balaban J connectivity index is 3.16. The molecule has 13 heavy (non-hydrogen) atoms. The third-order valence-corrected chi connectivity index (χ3v) is 2.29. The van der Waals surface area contributed by atoms with E-state index in [9.17, 15) is 4.79 Å². The van der Waals surface area contributed by atoms with Gasteiger partial charge in [0.05, 0.1) is 0 Å². The van der Waals surface area contributed by atoms with Gasteiger partial charge in [-0.25, -0.2) is 0 Å². The maximum absolute atomic E-state index is 11.0. The lowest BCUT2D eigenvalue weighted by atomic mass is 10.0. The van der Waals surface area contributed by atoms with Crippen LogP contribution in [0.4, 0.5) is 0 Å². The lowest BCUT2D eigenvalue weighted by Crippen LogP contribution is -1.92. The first kappa shape index (κ1) is 9.78. The van der Waals surface area contributed by atoms with Crippen LogP contribution in [0.15, 0.2) is 29.1 Å². The molecule has 0 saturated carbocycles. The van der Waals surface area contributed by atoms with Crippen molar-refractivity contribution in [3.05, 3.63) is 40.1 Å². The lowest BCUT2D eigenvalue weighted by molar-refractivity contribution is 0.471. The molecule has 1 N–H and O–H groups in total. The second kappa shape index (κ2) is 4.08. The highest BCUT2D eigenvalue weighted by atomic mass is 16.3. The average molecular weight is 178 g/mol. The zero-order valence-corrected chi connectivity index (χ0v) is 7.95. The summed E-state index contributed by atoms with van der Waals surface area (Å²) in [7, 11) is 0. The quantitative estimate of drug-likeness (QED) is 0.754. The molecule has 1 aromatic rings. The number of aromatic hydroxyl groups is 1. The van der Waals surface area contributed by atoms with E-state index in [1.165, 1.54) is 12.1 Å². The highest BCUT2D eigenvalue weighted by Gasteiger charge is 2.01. The van der Waals surface area contributed by atoms with Crippen LogP contribution in [0, 0.1) is 0 Å². The fourth-order valence-corrected chi connectivity index (χ4v) is 1.13. The van der Waals surface area contributed by atoms with Crippen LogP contribution in [-0.2, 0) is 0 Å². The second-order valence-corrected chi connectivity index (χ2v) is 3.23. The second-order valence-electron chi connectivity index (χ2n) is 3.23. The third-order valence-electron chi connectivity index (χ3n) is 2.29. The van der Waals surface area contributed by atoms with Gasteiger partial charge in [-0.05, 0) is 30.0 Å². The predicted octanol–water partition coefficient (Wildman–Crippen LogP) is 2.27. The van der Waals surface area contributed by atoms with Crippen LogP contribution >= 0.6 is 0 Å². The van der Waals surface area contributed by atoms with Gasteiger partial charge >= 0.3 is 0 Å². The van der Waals surface area contributed by atoms with Gasteiger partial charge in [0.25, 0.3) is 0 Å². The predicted molar refractivity (Wildman–Crippen MR) is 53.1 cm³/mol. The molecule has 70 valence electrons. The molecular weight excluding hydrogens is 164 g/mol. The maximum Gasteiger partial charge on any atom is 0.220 e. The fraction of sp³-hybridized carbons (Fsp3) is 0.364. The van der Waals surface area contributed by atoms with Crippen molar-refractivity contribution in [2.45, 2.75) is 26.2 Å². The van der Waals surface area contributed by atoms with Gasteiger partial charge < -0.3 is 5.11 Å². The fourth-order valence-electron chi connectivity index (χ4n) is 1.13. The molecule has 0 aromatic heterocycles. The van der Waals surface area contributed by atoms with Crippen molar-refractivity contribution in [3.63, 3.8) is 0 Å². The number of rotatable bonds is 2. The number of hydrogen-bond acceptors (Lipinski definition) is 2. The van der Waals surface area contributed by atoms with Crippen LogP contribution in [0.25, 0.3) is 0 Å². The van der Waals surface area contributed by atoms with Gasteiger partial charge in [0.1, 0.15) is 0 Å². The molecule has 0 aliphatic carbocycles. The van der Waals surface area contributed by atoms with Crippen molar-refractivity contribution in [1.82, 2.24) is 0 Å². The molecule has 0 amide bonds. The van der Waals surface area contributed by atoms with Gasteiger partial charge in [0.2, 0.25) is 5.43 Å². The lowest BCUT2D eigenvalue weighted by Gasteiger charge is -2.04. The van der Waals surface area contributed by atoms with Crippen molar-refractivity contribution in [1.29, 1.82) is 0 Å².